The molecule has 0 aliphatic carbocycles. The molecule has 0 spiro atoms. The molecular formula is C8H10N3O+. The third-order valence-electron chi connectivity index (χ3n) is 1.80. The van der Waals surface area contributed by atoms with Gasteiger partial charge in [-0.2, -0.15) is 0 Å². The molecule has 0 bridgehead atoms. The maximum atomic E-state index is 11.3. The fourth-order valence-electron chi connectivity index (χ4n) is 1.33. The first kappa shape index (κ1) is 7.09. The highest BCUT2D eigenvalue weighted by Gasteiger charge is 2.08. The van der Waals surface area contributed by atoms with Gasteiger partial charge in [-0.15, -0.1) is 0 Å². The lowest BCUT2D eigenvalue weighted by molar-refractivity contribution is -0.360. The summed E-state index contributed by atoms with van der Waals surface area (Å²) in [5.41, 5.74) is 2.37. The number of aromatic amines is 3. The first-order chi connectivity index (χ1) is 5.66. The average Bonchev–Trinajstić information content (AvgIpc) is 2.29. The Morgan fingerprint density at radius 2 is 2.08 bits per heavy atom. The van der Waals surface area contributed by atoms with Gasteiger partial charge in [0.15, 0.2) is 11.0 Å². The topological polar surface area (TPSA) is 62.8 Å². The molecule has 3 N–H and O–H groups in total. The first-order valence-corrected chi connectivity index (χ1v) is 3.78. The Bertz CT molecular complexity index is 480. The minimum atomic E-state index is -0.0747. The smallest absolute Gasteiger partial charge is 0.349 e. The molecule has 12 heavy (non-hydrogen) atoms. The van der Waals surface area contributed by atoms with Gasteiger partial charge in [0, 0.05) is 18.7 Å². The maximum Gasteiger partial charge on any atom is 0.359 e. The molecule has 0 aromatic carbocycles. The lowest BCUT2D eigenvalue weighted by Crippen LogP contribution is -2.19. The largest absolute Gasteiger partial charge is 0.359 e. The number of H-pyrrole nitrogens is 3. The van der Waals surface area contributed by atoms with Crippen molar-refractivity contribution in [1.29, 1.82) is 0 Å². The molecule has 2 rings (SSSR count). The quantitative estimate of drug-likeness (QED) is 0.577. The van der Waals surface area contributed by atoms with Gasteiger partial charge < -0.3 is 4.98 Å². The van der Waals surface area contributed by atoms with Crippen molar-refractivity contribution in [3.05, 3.63) is 27.9 Å². The van der Waals surface area contributed by atoms with Crippen LogP contribution in [0.25, 0.3) is 11.0 Å². The fourth-order valence-corrected chi connectivity index (χ4v) is 1.33. The van der Waals surface area contributed by atoms with Crippen molar-refractivity contribution in [3.63, 3.8) is 0 Å². The highest BCUT2D eigenvalue weighted by Crippen LogP contribution is 2.03. The average molecular weight is 164 g/mol. The zero-order valence-electron chi connectivity index (χ0n) is 6.99. The van der Waals surface area contributed by atoms with Gasteiger partial charge in [0.25, 0.3) is 5.82 Å². The van der Waals surface area contributed by atoms with E-state index in [0.29, 0.717) is 5.52 Å². The second-order valence-electron chi connectivity index (χ2n) is 2.95. The lowest BCUT2D eigenvalue weighted by atomic mass is 10.4. The van der Waals surface area contributed by atoms with Crippen LogP contribution >= 0.6 is 0 Å². The second kappa shape index (κ2) is 2.20. The molecule has 0 aliphatic rings. The lowest BCUT2D eigenvalue weighted by Gasteiger charge is -1.84. The third kappa shape index (κ3) is 0.922. The molecule has 0 aliphatic heterocycles. The molecule has 0 atom stereocenters. The van der Waals surface area contributed by atoms with Crippen molar-refractivity contribution in [2.45, 2.75) is 13.8 Å². The van der Waals surface area contributed by atoms with Crippen LogP contribution in [0.4, 0.5) is 0 Å². The molecule has 0 amide bonds. The van der Waals surface area contributed by atoms with Crippen LogP contribution in [0.3, 0.4) is 0 Å². The van der Waals surface area contributed by atoms with Gasteiger partial charge in [-0.25, -0.2) is 14.8 Å². The third-order valence-corrected chi connectivity index (χ3v) is 1.80. The van der Waals surface area contributed by atoms with Crippen molar-refractivity contribution >= 4 is 11.0 Å². The van der Waals surface area contributed by atoms with Crippen molar-refractivity contribution in [2.75, 3.05) is 0 Å². The van der Waals surface area contributed by atoms with Crippen molar-refractivity contribution in [3.8, 4) is 0 Å². The molecule has 0 saturated carbocycles. The number of aryl methyl sites for hydroxylation is 2. The summed E-state index contributed by atoms with van der Waals surface area (Å²) < 4.78 is 0. The molecule has 4 heteroatoms. The van der Waals surface area contributed by atoms with Crippen molar-refractivity contribution in [1.82, 2.24) is 9.97 Å². The Morgan fingerprint density at radius 1 is 1.33 bits per heavy atom. The van der Waals surface area contributed by atoms with Gasteiger partial charge in [-0.1, -0.05) is 0 Å². The van der Waals surface area contributed by atoms with E-state index < -0.39 is 0 Å². The second-order valence-corrected chi connectivity index (χ2v) is 2.95. The minimum absolute atomic E-state index is 0.0747. The molecule has 0 unspecified atom stereocenters. The molecule has 62 valence electrons. The van der Waals surface area contributed by atoms with E-state index in [1.165, 1.54) is 0 Å². The number of fused-ring (bicyclic) bond motifs is 1. The molecule has 2 aromatic heterocycles. The van der Waals surface area contributed by atoms with Crippen LogP contribution in [0.15, 0.2) is 10.9 Å². The van der Waals surface area contributed by atoms with Crippen LogP contribution in [-0.2, 0) is 0 Å². The highest BCUT2D eigenvalue weighted by molar-refractivity contribution is 5.71. The maximum absolute atomic E-state index is 11.3. The van der Waals surface area contributed by atoms with Gasteiger partial charge in [-0.05, 0) is 6.92 Å². The summed E-state index contributed by atoms with van der Waals surface area (Å²) in [4.78, 5) is 20.0. The van der Waals surface area contributed by atoms with Crippen LogP contribution in [0.5, 0.6) is 0 Å². The molecular weight excluding hydrogens is 154 g/mol. The van der Waals surface area contributed by atoms with E-state index in [9.17, 15) is 4.79 Å². The number of hydrogen-bond donors (Lipinski definition) is 2. The molecule has 0 radical (unpaired) electrons. The molecule has 4 nitrogen and oxygen atoms in total. The van der Waals surface area contributed by atoms with E-state index in [1.807, 2.05) is 19.9 Å². The summed E-state index contributed by atoms with van der Waals surface area (Å²) in [5.74, 6) is 0.770. The van der Waals surface area contributed by atoms with Crippen LogP contribution in [-0.4, -0.2) is 9.97 Å². The first-order valence-electron chi connectivity index (χ1n) is 3.78. The zero-order chi connectivity index (χ0) is 8.72. The van der Waals surface area contributed by atoms with E-state index in [0.717, 1.165) is 17.0 Å². The van der Waals surface area contributed by atoms with E-state index in [4.69, 9.17) is 0 Å². The normalized spacial score (nSPS) is 10.8. The minimum Gasteiger partial charge on any atom is -0.349 e. The predicted octanol–water partition coefficient (Wildman–Crippen LogP) is 0.287. The van der Waals surface area contributed by atoms with Crippen molar-refractivity contribution < 1.29 is 4.98 Å². The summed E-state index contributed by atoms with van der Waals surface area (Å²) in [6.07, 6.45) is 0. The predicted molar refractivity (Wildman–Crippen MR) is 44.9 cm³/mol. The fraction of sp³-hybridized carbons (Fsp3) is 0.250. The van der Waals surface area contributed by atoms with Crippen LogP contribution in [0, 0.1) is 13.8 Å². The summed E-state index contributed by atoms with van der Waals surface area (Å²) in [6, 6.07) is 1.91. The van der Waals surface area contributed by atoms with Gasteiger partial charge >= 0.3 is 5.56 Å². The van der Waals surface area contributed by atoms with Gasteiger partial charge in [0.1, 0.15) is 0 Å². The summed E-state index contributed by atoms with van der Waals surface area (Å²) in [7, 11) is 0. The SMILES string of the molecule is Cc1cc2[nH+]c(C)[nH]c(=O)c2[nH]1. The van der Waals surface area contributed by atoms with Crippen LogP contribution in [0.2, 0.25) is 0 Å². The Hall–Kier alpha value is -1.58. The van der Waals surface area contributed by atoms with E-state index in [-0.39, 0.29) is 5.56 Å². The Balaban J connectivity index is 2.98. The highest BCUT2D eigenvalue weighted by atomic mass is 16.1. The van der Waals surface area contributed by atoms with Crippen LogP contribution in [0.1, 0.15) is 11.5 Å². The number of nitrogens with one attached hydrogen (secondary N) is 3. The molecule has 0 fully saturated rings. The number of hydrogen-bond acceptors (Lipinski definition) is 1. The number of rotatable bonds is 0. The molecule has 2 aromatic rings. The standard InChI is InChI=1S/C8H9N3O/c1-4-3-6-7(9-4)8(12)11-5(2)10-6/h3,9H,1-2H3,(H,10,11,12)/p+1. The monoisotopic (exact) mass is 164 g/mol. The summed E-state index contributed by atoms with van der Waals surface area (Å²) >= 11 is 0. The van der Waals surface area contributed by atoms with Gasteiger partial charge in [-0.3, -0.25) is 0 Å². The zero-order valence-corrected chi connectivity index (χ0v) is 6.99. The van der Waals surface area contributed by atoms with Gasteiger partial charge in [0.05, 0.1) is 0 Å². The Kier molecular flexibility index (Phi) is 1.30. The van der Waals surface area contributed by atoms with E-state index >= 15 is 0 Å². The van der Waals surface area contributed by atoms with E-state index in [2.05, 4.69) is 15.0 Å². The Labute approximate surface area is 68.7 Å². The number of aromatic nitrogens is 3. The summed E-state index contributed by atoms with van der Waals surface area (Å²) in [6.45, 7) is 3.74. The van der Waals surface area contributed by atoms with Gasteiger partial charge in [0.2, 0.25) is 0 Å². The molecule has 2 heterocycles. The molecule has 0 saturated heterocycles. The summed E-state index contributed by atoms with van der Waals surface area (Å²) in [5, 5.41) is 0. The van der Waals surface area contributed by atoms with E-state index in [1.54, 1.807) is 0 Å². The van der Waals surface area contributed by atoms with Crippen LogP contribution < -0.4 is 10.5 Å². The van der Waals surface area contributed by atoms with Crippen molar-refractivity contribution in [2.24, 2.45) is 0 Å². The Morgan fingerprint density at radius 3 is 2.83 bits per heavy atom.